The SMILES string of the molecule is CCC(Nc1nnc(N)o1)C1CCCCC1. The summed E-state index contributed by atoms with van der Waals surface area (Å²) in [4.78, 5) is 0. The van der Waals surface area contributed by atoms with E-state index in [0.29, 0.717) is 12.1 Å². The molecule has 1 aromatic heterocycles. The molecule has 1 unspecified atom stereocenters. The van der Waals surface area contributed by atoms with Crippen molar-refractivity contribution in [3.8, 4) is 0 Å². The van der Waals surface area contributed by atoms with Gasteiger partial charge in [0.15, 0.2) is 0 Å². The number of nitrogen functional groups attached to an aromatic ring is 1. The fourth-order valence-corrected chi connectivity index (χ4v) is 2.54. The second-order valence-electron chi connectivity index (χ2n) is 4.50. The minimum atomic E-state index is 0.126. The number of rotatable bonds is 4. The van der Waals surface area contributed by atoms with Crippen LogP contribution < -0.4 is 11.1 Å². The Morgan fingerprint density at radius 1 is 1.38 bits per heavy atom. The van der Waals surface area contributed by atoms with E-state index in [-0.39, 0.29) is 6.01 Å². The second kappa shape index (κ2) is 5.18. The largest absolute Gasteiger partial charge is 0.390 e. The Bertz CT molecular complexity index is 320. The van der Waals surface area contributed by atoms with E-state index in [2.05, 4.69) is 22.4 Å². The zero-order valence-corrected chi connectivity index (χ0v) is 9.78. The maximum Gasteiger partial charge on any atom is 0.317 e. The molecular formula is C11H20N4O. The molecule has 90 valence electrons. The van der Waals surface area contributed by atoms with Crippen LogP contribution in [0.25, 0.3) is 0 Å². The van der Waals surface area contributed by atoms with Crippen LogP contribution in [0, 0.1) is 5.92 Å². The van der Waals surface area contributed by atoms with Crippen LogP contribution in [0.5, 0.6) is 0 Å². The number of anilines is 2. The van der Waals surface area contributed by atoms with Crippen molar-refractivity contribution in [3.63, 3.8) is 0 Å². The summed E-state index contributed by atoms with van der Waals surface area (Å²) in [5.74, 6) is 0.729. The van der Waals surface area contributed by atoms with Crippen molar-refractivity contribution >= 4 is 12.0 Å². The van der Waals surface area contributed by atoms with E-state index >= 15 is 0 Å². The topological polar surface area (TPSA) is 77.0 Å². The molecule has 0 amide bonds. The molecule has 3 N–H and O–H groups in total. The molecular weight excluding hydrogens is 204 g/mol. The maximum atomic E-state index is 5.39. The van der Waals surface area contributed by atoms with E-state index in [1.807, 2.05) is 0 Å². The standard InChI is InChI=1S/C11H20N4O/c1-2-9(8-6-4-3-5-7-8)13-11-15-14-10(12)16-11/h8-9H,2-7H2,1H3,(H2,12,14)(H,13,15). The van der Waals surface area contributed by atoms with Crippen molar-refractivity contribution in [2.45, 2.75) is 51.5 Å². The van der Waals surface area contributed by atoms with Gasteiger partial charge in [-0.25, -0.2) is 0 Å². The van der Waals surface area contributed by atoms with Gasteiger partial charge in [-0.1, -0.05) is 36.4 Å². The van der Waals surface area contributed by atoms with Crippen molar-refractivity contribution in [1.29, 1.82) is 0 Å². The molecule has 0 bridgehead atoms. The van der Waals surface area contributed by atoms with E-state index in [0.717, 1.165) is 12.3 Å². The van der Waals surface area contributed by atoms with Gasteiger partial charge >= 0.3 is 12.0 Å². The molecule has 5 heteroatoms. The summed E-state index contributed by atoms with van der Waals surface area (Å²) in [6.45, 7) is 2.19. The third-order valence-electron chi connectivity index (χ3n) is 3.41. The Balaban J connectivity index is 1.94. The number of hydrogen-bond acceptors (Lipinski definition) is 5. The molecule has 16 heavy (non-hydrogen) atoms. The number of nitrogens with two attached hydrogens (primary N) is 1. The minimum absolute atomic E-state index is 0.126. The molecule has 1 saturated carbocycles. The van der Waals surface area contributed by atoms with Gasteiger partial charge in [-0.2, -0.15) is 0 Å². The van der Waals surface area contributed by atoms with Gasteiger partial charge in [0.1, 0.15) is 0 Å². The highest BCUT2D eigenvalue weighted by Gasteiger charge is 2.23. The van der Waals surface area contributed by atoms with Crippen LogP contribution in [-0.2, 0) is 0 Å². The first kappa shape index (κ1) is 11.2. The number of nitrogens with zero attached hydrogens (tertiary/aromatic N) is 2. The summed E-state index contributed by atoms with van der Waals surface area (Å²) in [6.07, 6.45) is 7.74. The van der Waals surface area contributed by atoms with Gasteiger partial charge in [-0.05, 0) is 25.2 Å². The molecule has 1 aromatic rings. The van der Waals surface area contributed by atoms with Gasteiger partial charge in [0.05, 0.1) is 0 Å². The van der Waals surface area contributed by atoms with Gasteiger partial charge in [-0.15, -0.1) is 0 Å². The Morgan fingerprint density at radius 3 is 2.69 bits per heavy atom. The average molecular weight is 224 g/mol. The molecule has 0 saturated heterocycles. The van der Waals surface area contributed by atoms with Gasteiger partial charge in [0.25, 0.3) is 0 Å². The number of hydrogen-bond donors (Lipinski definition) is 2. The molecule has 0 aromatic carbocycles. The zero-order valence-electron chi connectivity index (χ0n) is 9.78. The van der Waals surface area contributed by atoms with Crippen molar-refractivity contribution in [2.24, 2.45) is 5.92 Å². The Hall–Kier alpha value is -1.26. The monoisotopic (exact) mass is 224 g/mol. The number of nitrogens with one attached hydrogen (secondary N) is 1. The van der Waals surface area contributed by atoms with E-state index in [1.54, 1.807) is 0 Å². The number of aromatic nitrogens is 2. The lowest BCUT2D eigenvalue weighted by Gasteiger charge is -2.29. The first-order valence-corrected chi connectivity index (χ1v) is 6.15. The smallest absolute Gasteiger partial charge is 0.317 e. The summed E-state index contributed by atoms with van der Waals surface area (Å²) in [5, 5.41) is 10.8. The van der Waals surface area contributed by atoms with Crippen molar-refractivity contribution in [3.05, 3.63) is 0 Å². The van der Waals surface area contributed by atoms with Crippen LogP contribution in [-0.4, -0.2) is 16.2 Å². The van der Waals surface area contributed by atoms with E-state index in [4.69, 9.17) is 10.2 Å². The van der Waals surface area contributed by atoms with Crippen LogP contribution in [0.4, 0.5) is 12.0 Å². The lowest BCUT2D eigenvalue weighted by molar-refractivity contribution is 0.309. The molecule has 1 aliphatic carbocycles. The molecule has 1 fully saturated rings. The molecule has 1 aliphatic rings. The summed E-state index contributed by atoms with van der Waals surface area (Å²) in [7, 11) is 0. The van der Waals surface area contributed by atoms with Crippen molar-refractivity contribution in [2.75, 3.05) is 11.1 Å². The summed E-state index contributed by atoms with van der Waals surface area (Å²) in [6, 6.07) is 1.01. The van der Waals surface area contributed by atoms with Gasteiger partial charge in [0.2, 0.25) is 0 Å². The average Bonchev–Trinajstić information content (AvgIpc) is 2.73. The van der Waals surface area contributed by atoms with Crippen LogP contribution >= 0.6 is 0 Å². The molecule has 0 spiro atoms. The normalized spacial score (nSPS) is 19.6. The molecule has 0 radical (unpaired) electrons. The predicted molar refractivity (Wildman–Crippen MR) is 63.0 cm³/mol. The highest BCUT2D eigenvalue weighted by Crippen LogP contribution is 2.29. The fourth-order valence-electron chi connectivity index (χ4n) is 2.54. The van der Waals surface area contributed by atoms with Crippen molar-refractivity contribution in [1.82, 2.24) is 10.2 Å². The third kappa shape index (κ3) is 2.65. The van der Waals surface area contributed by atoms with E-state index in [9.17, 15) is 0 Å². The van der Waals surface area contributed by atoms with E-state index < -0.39 is 0 Å². The maximum absolute atomic E-state index is 5.39. The van der Waals surface area contributed by atoms with Crippen LogP contribution in [0.1, 0.15) is 45.4 Å². The lowest BCUT2D eigenvalue weighted by atomic mass is 9.83. The van der Waals surface area contributed by atoms with Gasteiger partial charge in [-0.3, -0.25) is 0 Å². The molecule has 1 heterocycles. The third-order valence-corrected chi connectivity index (χ3v) is 3.41. The molecule has 2 rings (SSSR count). The second-order valence-corrected chi connectivity index (χ2v) is 4.50. The van der Waals surface area contributed by atoms with Gasteiger partial charge < -0.3 is 15.5 Å². The summed E-state index contributed by atoms with van der Waals surface area (Å²) >= 11 is 0. The zero-order chi connectivity index (χ0) is 11.4. The fraction of sp³-hybridized carbons (Fsp3) is 0.818. The molecule has 0 aliphatic heterocycles. The first-order valence-electron chi connectivity index (χ1n) is 6.15. The Morgan fingerprint density at radius 2 is 2.12 bits per heavy atom. The van der Waals surface area contributed by atoms with E-state index in [1.165, 1.54) is 32.1 Å². The van der Waals surface area contributed by atoms with Crippen LogP contribution in [0.15, 0.2) is 4.42 Å². The first-order chi connectivity index (χ1) is 7.79. The summed E-state index contributed by atoms with van der Waals surface area (Å²) in [5.41, 5.74) is 5.39. The van der Waals surface area contributed by atoms with Crippen molar-refractivity contribution < 1.29 is 4.42 Å². The van der Waals surface area contributed by atoms with Crippen LogP contribution in [0.2, 0.25) is 0 Å². The Labute approximate surface area is 95.8 Å². The molecule has 5 nitrogen and oxygen atoms in total. The highest BCUT2D eigenvalue weighted by atomic mass is 16.4. The van der Waals surface area contributed by atoms with Gasteiger partial charge in [0, 0.05) is 6.04 Å². The Kier molecular flexibility index (Phi) is 3.64. The highest BCUT2D eigenvalue weighted by molar-refractivity contribution is 5.24. The minimum Gasteiger partial charge on any atom is -0.390 e. The molecule has 1 atom stereocenters. The van der Waals surface area contributed by atoms with Crippen LogP contribution in [0.3, 0.4) is 0 Å². The lowest BCUT2D eigenvalue weighted by Crippen LogP contribution is -2.30. The quantitative estimate of drug-likeness (QED) is 0.821. The predicted octanol–water partition coefficient (Wildman–Crippen LogP) is 2.42. The summed E-state index contributed by atoms with van der Waals surface area (Å²) < 4.78 is 5.15.